The molecule has 0 bridgehead atoms. The number of halogens is 1. The number of likely N-dealkylation sites (N-methyl/N-ethyl adjacent to an activating group) is 1. The van der Waals surface area contributed by atoms with Crippen molar-refractivity contribution in [1.82, 2.24) is 14.9 Å². The summed E-state index contributed by atoms with van der Waals surface area (Å²) in [6, 6.07) is 20.6. The molecule has 0 saturated heterocycles. The largest absolute Gasteiger partial charge is 0.478 e. The minimum absolute atomic E-state index is 0.00585. The van der Waals surface area contributed by atoms with Crippen molar-refractivity contribution in [2.75, 3.05) is 20.7 Å². The maximum Gasteiger partial charge on any atom is 0.245 e. The first-order chi connectivity index (χ1) is 18.9. The van der Waals surface area contributed by atoms with Gasteiger partial charge in [-0.15, -0.1) is 0 Å². The van der Waals surface area contributed by atoms with Crippen molar-refractivity contribution in [2.24, 2.45) is 0 Å². The molecule has 0 aliphatic carbocycles. The van der Waals surface area contributed by atoms with Gasteiger partial charge < -0.3 is 14.6 Å². The minimum atomic E-state index is 0.00585. The third-order valence-corrected chi connectivity index (χ3v) is 7.05. The molecule has 2 aromatic heterocycles. The van der Waals surface area contributed by atoms with Crippen LogP contribution in [-0.2, 0) is 4.79 Å². The van der Waals surface area contributed by atoms with Crippen molar-refractivity contribution in [3.8, 4) is 5.88 Å². The average Bonchev–Trinajstić information content (AvgIpc) is 3.27. The van der Waals surface area contributed by atoms with Gasteiger partial charge in [0, 0.05) is 48.4 Å². The SMILES string of the molecule is CC/C(=C(/c1ccc(OCCCC/C=C/C(=O)N(C)C)nc1)c1[nH]c2ccccc2c1Cl)c1cccc(C)c1. The molecule has 0 fully saturated rings. The zero-order valence-corrected chi connectivity index (χ0v) is 23.9. The predicted octanol–water partition coefficient (Wildman–Crippen LogP) is 8.09. The molecule has 2 aromatic carbocycles. The first-order valence-corrected chi connectivity index (χ1v) is 13.8. The number of nitrogens with zero attached hydrogens (tertiary/aromatic N) is 2. The number of aryl methyl sites for hydroxylation is 1. The third-order valence-electron chi connectivity index (χ3n) is 6.66. The van der Waals surface area contributed by atoms with Crippen LogP contribution in [0, 0.1) is 6.92 Å². The van der Waals surface area contributed by atoms with Crippen molar-refractivity contribution in [2.45, 2.75) is 39.5 Å². The normalized spacial score (nSPS) is 12.1. The Bertz CT molecular complexity index is 1480. The highest BCUT2D eigenvalue weighted by molar-refractivity contribution is 6.38. The molecule has 4 aromatic rings. The van der Waals surface area contributed by atoms with Crippen LogP contribution in [-0.4, -0.2) is 41.5 Å². The van der Waals surface area contributed by atoms with E-state index in [1.54, 1.807) is 25.1 Å². The van der Waals surface area contributed by atoms with Gasteiger partial charge >= 0.3 is 0 Å². The predicted molar refractivity (Wildman–Crippen MR) is 162 cm³/mol. The van der Waals surface area contributed by atoms with E-state index in [9.17, 15) is 4.79 Å². The van der Waals surface area contributed by atoms with Gasteiger partial charge in [0.1, 0.15) is 0 Å². The number of pyridine rings is 1. The maximum atomic E-state index is 11.6. The number of fused-ring (bicyclic) bond motifs is 1. The number of aromatic nitrogens is 2. The van der Waals surface area contributed by atoms with Crippen LogP contribution in [0.25, 0.3) is 22.0 Å². The van der Waals surface area contributed by atoms with Crippen molar-refractivity contribution < 1.29 is 9.53 Å². The summed E-state index contributed by atoms with van der Waals surface area (Å²) in [5, 5.41) is 1.71. The fourth-order valence-electron chi connectivity index (χ4n) is 4.60. The van der Waals surface area contributed by atoms with Crippen LogP contribution in [0.5, 0.6) is 5.88 Å². The number of para-hydroxylation sites is 1. The van der Waals surface area contributed by atoms with Crippen LogP contribution in [0.4, 0.5) is 0 Å². The number of hydrogen-bond donors (Lipinski definition) is 1. The van der Waals surface area contributed by atoms with Crippen molar-refractivity contribution in [3.05, 3.63) is 106 Å². The Labute approximate surface area is 236 Å². The average molecular weight is 542 g/mol. The second kappa shape index (κ2) is 13.3. The summed E-state index contributed by atoms with van der Waals surface area (Å²) in [7, 11) is 3.50. The summed E-state index contributed by atoms with van der Waals surface area (Å²) >= 11 is 6.97. The maximum absolute atomic E-state index is 11.6. The van der Waals surface area contributed by atoms with E-state index in [-0.39, 0.29) is 5.91 Å². The number of rotatable bonds is 11. The smallest absolute Gasteiger partial charge is 0.245 e. The molecule has 0 aliphatic heterocycles. The first kappa shape index (κ1) is 28.2. The highest BCUT2D eigenvalue weighted by atomic mass is 35.5. The lowest BCUT2D eigenvalue weighted by molar-refractivity contribution is -0.123. The lowest BCUT2D eigenvalue weighted by Crippen LogP contribution is -2.18. The summed E-state index contributed by atoms with van der Waals surface area (Å²) in [5.74, 6) is 0.596. The van der Waals surface area contributed by atoms with Crippen LogP contribution in [0.15, 0.2) is 79.0 Å². The second-order valence-electron chi connectivity index (χ2n) is 9.80. The standard InChI is InChI=1S/C33H36ClN3O2/c1-5-26(24-14-12-13-23(2)21-24)31(33-32(34)27-15-9-10-16-28(27)36-33)25-18-19-29(35-22-25)39-20-11-7-6-8-17-30(38)37(3)4/h8-10,12-19,21-22,36H,5-7,11,20H2,1-4H3/b17-8+,31-26+. The molecular weight excluding hydrogens is 506 g/mol. The van der Waals surface area contributed by atoms with Crippen LogP contribution in [0.2, 0.25) is 5.02 Å². The molecule has 39 heavy (non-hydrogen) atoms. The molecule has 0 atom stereocenters. The Morgan fingerprint density at radius 2 is 1.87 bits per heavy atom. The van der Waals surface area contributed by atoms with E-state index in [0.29, 0.717) is 17.5 Å². The Kier molecular flexibility index (Phi) is 9.61. The first-order valence-electron chi connectivity index (χ1n) is 13.4. The van der Waals surface area contributed by atoms with Crippen molar-refractivity contribution in [3.63, 3.8) is 0 Å². The van der Waals surface area contributed by atoms with Crippen molar-refractivity contribution >= 4 is 39.6 Å². The van der Waals surface area contributed by atoms with Gasteiger partial charge in [0.25, 0.3) is 0 Å². The topological polar surface area (TPSA) is 58.2 Å². The van der Waals surface area contributed by atoms with Gasteiger partial charge in [0.05, 0.1) is 17.3 Å². The Hall–Kier alpha value is -3.83. The Morgan fingerprint density at radius 3 is 2.56 bits per heavy atom. The number of ether oxygens (including phenoxy) is 1. The van der Waals surface area contributed by atoms with Gasteiger partial charge in [-0.2, -0.15) is 0 Å². The number of unbranched alkanes of at least 4 members (excludes halogenated alkanes) is 2. The monoisotopic (exact) mass is 541 g/mol. The van der Waals surface area contributed by atoms with Crippen LogP contribution >= 0.6 is 11.6 Å². The van der Waals surface area contributed by atoms with Crippen LogP contribution in [0.1, 0.15) is 55.0 Å². The summed E-state index contributed by atoms with van der Waals surface area (Å²) in [5.41, 5.74) is 7.50. The molecule has 6 heteroatoms. The molecule has 0 radical (unpaired) electrons. The molecule has 2 heterocycles. The number of carbonyl (C=O) groups is 1. The van der Waals surface area contributed by atoms with E-state index in [2.05, 4.69) is 54.1 Å². The fraction of sp³-hybridized carbons (Fsp3) is 0.273. The van der Waals surface area contributed by atoms with E-state index in [4.69, 9.17) is 16.3 Å². The molecule has 202 valence electrons. The number of benzene rings is 2. The highest BCUT2D eigenvalue weighted by Crippen LogP contribution is 2.40. The summed E-state index contributed by atoms with van der Waals surface area (Å²) < 4.78 is 5.91. The number of hydrogen-bond acceptors (Lipinski definition) is 3. The number of carbonyl (C=O) groups excluding carboxylic acids is 1. The zero-order chi connectivity index (χ0) is 27.8. The summed E-state index contributed by atoms with van der Waals surface area (Å²) in [4.78, 5) is 21.4. The van der Waals surface area contributed by atoms with Gasteiger partial charge in [0.15, 0.2) is 0 Å². The Morgan fingerprint density at radius 1 is 1.05 bits per heavy atom. The second-order valence-corrected chi connectivity index (χ2v) is 10.2. The number of aromatic amines is 1. The molecule has 0 aliphatic rings. The van der Waals surface area contributed by atoms with E-state index < -0.39 is 0 Å². The van der Waals surface area contributed by atoms with E-state index in [0.717, 1.165) is 53.4 Å². The number of H-pyrrole nitrogens is 1. The van der Waals surface area contributed by atoms with Gasteiger partial charge in [-0.1, -0.05) is 72.6 Å². The summed E-state index contributed by atoms with van der Waals surface area (Å²) in [6.45, 7) is 4.85. The number of amides is 1. The van der Waals surface area contributed by atoms with Gasteiger partial charge in [-0.25, -0.2) is 4.98 Å². The highest BCUT2D eigenvalue weighted by Gasteiger charge is 2.20. The fourth-order valence-corrected chi connectivity index (χ4v) is 4.90. The summed E-state index contributed by atoms with van der Waals surface area (Å²) in [6.07, 6.45) is 8.90. The van der Waals surface area contributed by atoms with E-state index in [1.807, 2.05) is 42.6 Å². The lowest BCUT2D eigenvalue weighted by atomic mass is 9.91. The molecular formula is C33H36ClN3O2. The van der Waals surface area contributed by atoms with Crippen molar-refractivity contribution in [1.29, 1.82) is 0 Å². The lowest BCUT2D eigenvalue weighted by Gasteiger charge is -2.16. The van der Waals surface area contributed by atoms with Crippen LogP contribution in [0.3, 0.4) is 0 Å². The Balaban J connectivity index is 1.57. The van der Waals surface area contributed by atoms with Gasteiger partial charge in [-0.3, -0.25) is 4.79 Å². The molecule has 0 unspecified atom stereocenters. The van der Waals surface area contributed by atoms with Gasteiger partial charge in [-0.05, 0) is 62.0 Å². The molecule has 5 nitrogen and oxygen atoms in total. The van der Waals surface area contributed by atoms with E-state index >= 15 is 0 Å². The molecule has 1 amide bonds. The molecule has 0 spiro atoms. The molecule has 4 rings (SSSR count). The quantitative estimate of drug-likeness (QED) is 0.154. The molecule has 1 N–H and O–H groups in total. The van der Waals surface area contributed by atoms with E-state index in [1.165, 1.54) is 16.7 Å². The third kappa shape index (κ3) is 6.98. The molecule has 0 saturated carbocycles. The number of nitrogens with one attached hydrogen (secondary N) is 1. The van der Waals surface area contributed by atoms with Gasteiger partial charge in [0.2, 0.25) is 11.8 Å². The number of allylic oxidation sites excluding steroid dienone is 2. The van der Waals surface area contributed by atoms with Crippen LogP contribution < -0.4 is 4.74 Å². The minimum Gasteiger partial charge on any atom is -0.478 e. The zero-order valence-electron chi connectivity index (χ0n) is 23.1.